The van der Waals surface area contributed by atoms with E-state index in [1.54, 1.807) is 31.2 Å². The molecule has 0 fully saturated rings. The number of nitrogens with one attached hydrogen (secondary N) is 1. The van der Waals surface area contributed by atoms with Gasteiger partial charge in [0.05, 0.1) is 21.9 Å². The number of aryl methyl sites for hydroxylation is 1. The Bertz CT molecular complexity index is 1130. The Kier molecular flexibility index (Phi) is 7.06. The first kappa shape index (κ1) is 21.4. The Morgan fingerprint density at radius 2 is 2.10 bits per heavy atom. The van der Waals surface area contributed by atoms with Crippen LogP contribution in [0.3, 0.4) is 0 Å². The molecule has 0 aliphatic rings. The number of hydrogen-bond acceptors (Lipinski definition) is 8. The van der Waals surface area contributed by atoms with Crippen LogP contribution in [0.4, 0.5) is 5.69 Å². The number of carbonyl (C=O) groups is 2. The Labute approximate surface area is 181 Å². The van der Waals surface area contributed by atoms with E-state index in [4.69, 9.17) is 26.1 Å². The van der Waals surface area contributed by atoms with Crippen LogP contribution < -0.4 is 5.32 Å². The Morgan fingerprint density at radius 1 is 1.30 bits per heavy atom. The quantitative estimate of drug-likeness (QED) is 0.431. The molecule has 1 N–H and O–H groups in total. The van der Waals surface area contributed by atoms with Crippen molar-refractivity contribution in [3.63, 3.8) is 0 Å². The fourth-order valence-corrected chi connectivity index (χ4v) is 3.49. The molecule has 1 amide bonds. The summed E-state index contributed by atoms with van der Waals surface area (Å²) in [5.74, 6) is 0.211. The summed E-state index contributed by atoms with van der Waals surface area (Å²) in [4.78, 5) is 29.3. The standard InChI is InChI=1S/C20H15ClN4O4S/c1-12-23-19(29-25-12)11-30-17-5-3-2-4-15(17)20(27)28-10-18(26)24-14-7-6-13(9-22)16(21)8-14/h2-8H,10-11H2,1H3,(H,24,26). The van der Waals surface area contributed by atoms with Gasteiger partial charge in [0.25, 0.3) is 5.91 Å². The molecule has 3 rings (SSSR count). The van der Waals surface area contributed by atoms with Gasteiger partial charge >= 0.3 is 5.97 Å². The first-order chi connectivity index (χ1) is 14.5. The number of ether oxygens (including phenoxy) is 1. The predicted octanol–water partition coefficient (Wildman–Crippen LogP) is 3.99. The molecule has 3 aromatic rings. The highest BCUT2D eigenvalue weighted by Crippen LogP contribution is 2.26. The molecule has 10 heteroatoms. The van der Waals surface area contributed by atoms with Crippen LogP contribution in [0.1, 0.15) is 27.6 Å². The van der Waals surface area contributed by atoms with Gasteiger partial charge in [0.2, 0.25) is 5.89 Å². The van der Waals surface area contributed by atoms with E-state index in [-0.39, 0.29) is 5.02 Å². The number of carbonyl (C=O) groups excluding carboxylic acids is 2. The molecule has 30 heavy (non-hydrogen) atoms. The number of anilines is 1. The lowest BCUT2D eigenvalue weighted by Gasteiger charge is -2.09. The summed E-state index contributed by atoms with van der Waals surface area (Å²) in [6.45, 7) is 1.25. The summed E-state index contributed by atoms with van der Waals surface area (Å²) >= 11 is 7.28. The fourth-order valence-electron chi connectivity index (χ4n) is 2.39. The van der Waals surface area contributed by atoms with E-state index >= 15 is 0 Å². The van der Waals surface area contributed by atoms with Gasteiger partial charge in [-0.05, 0) is 37.3 Å². The van der Waals surface area contributed by atoms with Crippen molar-refractivity contribution in [2.24, 2.45) is 0 Å². The highest BCUT2D eigenvalue weighted by molar-refractivity contribution is 7.98. The van der Waals surface area contributed by atoms with E-state index in [9.17, 15) is 9.59 Å². The number of hydrogen-bond donors (Lipinski definition) is 1. The monoisotopic (exact) mass is 442 g/mol. The predicted molar refractivity (Wildman–Crippen MR) is 110 cm³/mol. The SMILES string of the molecule is Cc1noc(CSc2ccccc2C(=O)OCC(=O)Nc2ccc(C#N)c(Cl)c2)n1. The highest BCUT2D eigenvalue weighted by atomic mass is 35.5. The molecule has 2 aromatic carbocycles. The van der Waals surface area contributed by atoms with Gasteiger partial charge in [-0.3, -0.25) is 4.79 Å². The van der Waals surface area contributed by atoms with Crippen molar-refractivity contribution >= 4 is 40.9 Å². The molecule has 0 spiro atoms. The third kappa shape index (κ3) is 5.59. The average Bonchev–Trinajstić information content (AvgIpc) is 3.16. The van der Waals surface area contributed by atoms with Crippen LogP contribution in [0.15, 0.2) is 51.9 Å². The lowest BCUT2D eigenvalue weighted by Crippen LogP contribution is -2.21. The van der Waals surface area contributed by atoms with E-state index in [0.717, 1.165) is 0 Å². The van der Waals surface area contributed by atoms with Crippen molar-refractivity contribution in [2.75, 3.05) is 11.9 Å². The van der Waals surface area contributed by atoms with Gasteiger partial charge in [0.1, 0.15) is 6.07 Å². The summed E-state index contributed by atoms with van der Waals surface area (Å²) in [6.07, 6.45) is 0. The number of aromatic nitrogens is 2. The topological polar surface area (TPSA) is 118 Å². The van der Waals surface area contributed by atoms with Crippen molar-refractivity contribution in [1.29, 1.82) is 5.26 Å². The van der Waals surface area contributed by atoms with Crippen LogP contribution in [0.5, 0.6) is 0 Å². The third-order valence-corrected chi connectivity index (χ3v) is 5.11. The molecule has 1 heterocycles. The molecule has 1 aromatic heterocycles. The minimum Gasteiger partial charge on any atom is -0.452 e. The van der Waals surface area contributed by atoms with Crippen LogP contribution in [-0.2, 0) is 15.3 Å². The molecule has 0 aliphatic carbocycles. The molecular formula is C20H15ClN4O4S. The average molecular weight is 443 g/mol. The van der Waals surface area contributed by atoms with Gasteiger partial charge in [0, 0.05) is 10.6 Å². The van der Waals surface area contributed by atoms with Gasteiger partial charge in [0.15, 0.2) is 12.4 Å². The van der Waals surface area contributed by atoms with Crippen LogP contribution in [0, 0.1) is 18.3 Å². The van der Waals surface area contributed by atoms with Crippen LogP contribution in [-0.4, -0.2) is 28.6 Å². The number of esters is 1. The number of thioether (sulfide) groups is 1. The molecule has 0 radical (unpaired) electrons. The Hall–Kier alpha value is -3.35. The second-order valence-corrected chi connectivity index (χ2v) is 7.38. The van der Waals surface area contributed by atoms with E-state index in [1.165, 1.54) is 30.0 Å². The van der Waals surface area contributed by atoms with Gasteiger partial charge in [-0.1, -0.05) is 28.9 Å². The van der Waals surface area contributed by atoms with E-state index < -0.39 is 18.5 Å². The minimum atomic E-state index is -0.632. The van der Waals surface area contributed by atoms with Gasteiger partial charge in [-0.15, -0.1) is 11.8 Å². The summed E-state index contributed by atoms with van der Waals surface area (Å²) in [5.41, 5.74) is 1.02. The fraction of sp³-hybridized carbons (Fsp3) is 0.150. The van der Waals surface area contributed by atoms with Crippen molar-refractivity contribution in [3.05, 3.63) is 70.3 Å². The van der Waals surface area contributed by atoms with Crippen molar-refractivity contribution in [2.45, 2.75) is 17.6 Å². The Morgan fingerprint density at radius 3 is 2.80 bits per heavy atom. The second kappa shape index (κ2) is 9.91. The van der Waals surface area contributed by atoms with Gasteiger partial charge in [-0.2, -0.15) is 10.2 Å². The number of nitriles is 1. The molecule has 0 aliphatic heterocycles. The summed E-state index contributed by atoms with van der Waals surface area (Å²) in [5, 5.41) is 15.4. The lowest BCUT2D eigenvalue weighted by atomic mass is 10.2. The maximum absolute atomic E-state index is 12.5. The third-order valence-electron chi connectivity index (χ3n) is 3.74. The van der Waals surface area contributed by atoms with E-state index in [2.05, 4.69) is 15.5 Å². The molecule has 0 unspecified atom stereocenters. The maximum Gasteiger partial charge on any atom is 0.339 e. The molecular weight excluding hydrogens is 428 g/mol. The van der Waals surface area contributed by atoms with E-state index in [0.29, 0.717) is 39.2 Å². The zero-order chi connectivity index (χ0) is 21.5. The highest BCUT2D eigenvalue weighted by Gasteiger charge is 2.16. The second-order valence-electron chi connectivity index (χ2n) is 5.95. The van der Waals surface area contributed by atoms with Gasteiger partial charge in [-0.25, -0.2) is 4.79 Å². The smallest absolute Gasteiger partial charge is 0.339 e. The first-order valence-electron chi connectivity index (χ1n) is 8.64. The molecule has 8 nitrogen and oxygen atoms in total. The summed E-state index contributed by atoms with van der Waals surface area (Å²) in [7, 11) is 0. The lowest BCUT2D eigenvalue weighted by molar-refractivity contribution is -0.119. The largest absolute Gasteiger partial charge is 0.452 e. The summed E-state index contributed by atoms with van der Waals surface area (Å²) < 4.78 is 10.2. The molecule has 0 saturated carbocycles. The van der Waals surface area contributed by atoms with Gasteiger partial charge < -0.3 is 14.6 Å². The van der Waals surface area contributed by atoms with Crippen molar-refractivity contribution < 1.29 is 18.8 Å². The number of halogens is 1. The zero-order valence-corrected chi connectivity index (χ0v) is 17.3. The van der Waals surface area contributed by atoms with Crippen LogP contribution in [0.25, 0.3) is 0 Å². The molecule has 0 saturated heterocycles. The Balaban J connectivity index is 1.57. The zero-order valence-electron chi connectivity index (χ0n) is 15.7. The van der Waals surface area contributed by atoms with Crippen molar-refractivity contribution in [1.82, 2.24) is 10.1 Å². The molecule has 0 bridgehead atoms. The maximum atomic E-state index is 12.5. The number of nitrogens with zero attached hydrogens (tertiary/aromatic N) is 3. The number of benzene rings is 2. The normalized spacial score (nSPS) is 10.3. The minimum absolute atomic E-state index is 0.217. The van der Waals surface area contributed by atoms with Crippen LogP contribution in [0.2, 0.25) is 5.02 Å². The van der Waals surface area contributed by atoms with E-state index in [1.807, 2.05) is 6.07 Å². The van der Waals surface area contributed by atoms with Crippen LogP contribution >= 0.6 is 23.4 Å². The molecule has 152 valence electrons. The summed E-state index contributed by atoms with van der Waals surface area (Å²) in [6, 6.07) is 13.3. The first-order valence-corrected chi connectivity index (χ1v) is 10.0. The number of rotatable bonds is 7. The van der Waals surface area contributed by atoms with Crippen molar-refractivity contribution in [3.8, 4) is 6.07 Å². The molecule has 0 atom stereocenters. The number of amides is 1.